The molecule has 0 spiro atoms. The van der Waals surface area contributed by atoms with E-state index in [1.54, 1.807) is 26.3 Å². The van der Waals surface area contributed by atoms with Crippen molar-refractivity contribution in [3.63, 3.8) is 0 Å². The Labute approximate surface area is 193 Å². The highest BCUT2D eigenvalue weighted by Gasteiger charge is 2.15. The zero-order chi connectivity index (χ0) is 25.2. The lowest BCUT2D eigenvalue weighted by Crippen LogP contribution is -2.11. The smallest absolute Gasteiger partial charge is 0.126 e. The second-order valence-electron chi connectivity index (χ2n) is 7.45. The van der Waals surface area contributed by atoms with Crippen LogP contribution in [0.3, 0.4) is 0 Å². The lowest BCUT2D eigenvalue weighted by Gasteiger charge is -2.17. The molecule has 2 aromatic rings. The molecule has 0 unspecified atom stereocenters. The van der Waals surface area contributed by atoms with Gasteiger partial charge in [0.05, 0.1) is 12.9 Å². The van der Waals surface area contributed by atoms with Crippen molar-refractivity contribution in [2.24, 2.45) is 11.1 Å². The third kappa shape index (κ3) is 13.7. The maximum atomic E-state index is 9.45. The fraction of sp³-hybridized carbons (Fsp3) is 0.269. The Hall–Kier alpha value is -3.51. The van der Waals surface area contributed by atoms with Crippen molar-refractivity contribution in [3.05, 3.63) is 90.3 Å². The third-order valence-corrected chi connectivity index (χ3v) is 3.97. The molecule has 0 amide bonds. The number of aliphatic hydroxyl groups is 1. The number of rotatable bonds is 5. The van der Waals surface area contributed by atoms with Gasteiger partial charge in [0.1, 0.15) is 12.5 Å². The summed E-state index contributed by atoms with van der Waals surface area (Å²) in [6.07, 6.45) is 3.42. The summed E-state index contributed by atoms with van der Waals surface area (Å²) >= 11 is 0. The van der Waals surface area contributed by atoms with E-state index < -0.39 is 0 Å². The number of ether oxygens (including phenoxy) is 1. The Kier molecular flexibility index (Phi) is 16.5. The number of anilines is 1. The number of aliphatic hydroxyl groups excluding tert-OH is 1. The van der Waals surface area contributed by atoms with Gasteiger partial charge in [0.15, 0.2) is 0 Å². The van der Waals surface area contributed by atoms with Gasteiger partial charge in [-0.25, -0.2) is 0 Å². The number of nitrogens with two attached hydrogens (primary N) is 2. The molecule has 6 heteroatoms. The first-order chi connectivity index (χ1) is 15.1. The van der Waals surface area contributed by atoms with Crippen LogP contribution >= 0.6 is 0 Å². The van der Waals surface area contributed by atoms with Gasteiger partial charge in [-0.3, -0.25) is 0 Å². The number of carbonyl (C=O) groups is 1. The van der Waals surface area contributed by atoms with E-state index in [0.717, 1.165) is 28.3 Å². The molecular formula is C26H39N3O3. The van der Waals surface area contributed by atoms with Gasteiger partial charge in [-0.15, -0.1) is 0 Å². The van der Waals surface area contributed by atoms with Gasteiger partial charge in [-0.05, 0) is 29.8 Å². The molecule has 6 nitrogen and oxygen atoms in total. The van der Waals surface area contributed by atoms with Crippen molar-refractivity contribution in [1.82, 2.24) is 5.32 Å². The van der Waals surface area contributed by atoms with E-state index in [2.05, 4.69) is 18.5 Å². The number of methoxy groups -OCH3 is 1. The van der Waals surface area contributed by atoms with E-state index in [1.807, 2.05) is 76.1 Å². The Morgan fingerprint density at radius 3 is 2.03 bits per heavy atom. The molecule has 0 bridgehead atoms. The number of likely N-dealkylation sites (N-methyl/N-ethyl adjacent to an activating group) is 1. The number of para-hydroxylation sites is 1. The second kappa shape index (κ2) is 17.2. The average Bonchev–Trinajstić information content (AvgIpc) is 2.80. The minimum Gasteiger partial charge on any atom is -0.512 e. The van der Waals surface area contributed by atoms with Crippen LogP contribution in [0.4, 0.5) is 5.69 Å². The highest BCUT2D eigenvalue weighted by Crippen LogP contribution is 2.22. The summed E-state index contributed by atoms with van der Waals surface area (Å²) in [5.74, 6) is 1.22. The molecule has 2 rings (SSSR count). The quantitative estimate of drug-likeness (QED) is 0.292. The summed E-state index contributed by atoms with van der Waals surface area (Å²) in [5.41, 5.74) is 14.3. The van der Waals surface area contributed by atoms with E-state index >= 15 is 0 Å². The van der Waals surface area contributed by atoms with Gasteiger partial charge in [0, 0.05) is 36.0 Å². The number of nitrogen functional groups attached to an aromatic ring is 1. The summed E-state index contributed by atoms with van der Waals surface area (Å²) < 4.78 is 5.06. The fourth-order valence-corrected chi connectivity index (χ4v) is 1.94. The van der Waals surface area contributed by atoms with Crippen LogP contribution in [0, 0.1) is 5.41 Å². The molecular weight excluding hydrogens is 402 g/mol. The van der Waals surface area contributed by atoms with Gasteiger partial charge >= 0.3 is 0 Å². The number of carbonyl (C=O) groups excluding carboxylic acids is 1. The van der Waals surface area contributed by atoms with Crippen LogP contribution in [-0.4, -0.2) is 26.1 Å². The molecule has 176 valence electrons. The van der Waals surface area contributed by atoms with Crippen LogP contribution in [0.1, 0.15) is 31.9 Å². The number of allylic oxidation sites excluding steroid dienone is 2. The first-order valence-corrected chi connectivity index (χ1v) is 9.95. The molecule has 32 heavy (non-hydrogen) atoms. The number of benzene rings is 2. The van der Waals surface area contributed by atoms with Gasteiger partial charge in [0.2, 0.25) is 0 Å². The zero-order valence-electron chi connectivity index (χ0n) is 20.0. The molecule has 2 aromatic carbocycles. The minimum atomic E-state index is -0.195. The average molecular weight is 442 g/mol. The topological polar surface area (TPSA) is 111 Å². The standard InChI is InChI=1S/C9H17NO.C9H10O.C7H10N2.CH2O/c1-7(10-5)6-8(11)9(2,3)4;1-3-8-6-4-5-7-9(8)10-2;8-5-6-1-3-7(9)4-2-6;1-2/h6,10-11H,1H2,2-5H3;3-7H,1H2,2H3;1-4H,5,8-9H2;1H2/b8-6-;;;. The molecule has 0 aliphatic carbocycles. The maximum Gasteiger partial charge on any atom is 0.126 e. The van der Waals surface area contributed by atoms with Crippen LogP contribution in [0.15, 0.2) is 79.2 Å². The van der Waals surface area contributed by atoms with E-state index in [-0.39, 0.29) is 5.41 Å². The summed E-state index contributed by atoms with van der Waals surface area (Å²) in [6.45, 7) is 15.8. The Balaban J connectivity index is 0. The van der Waals surface area contributed by atoms with Crippen LogP contribution in [0.5, 0.6) is 5.75 Å². The van der Waals surface area contributed by atoms with Crippen molar-refractivity contribution in [1.29, 1.82) is 0 Å². The van der Waals surface area contributed by atoms with Gasteiger partial charge < -0.3 is 31.4 Å². The van der Waals surface area contributed by atoms with Crippen molar-refractivity contribution >= 4 is 18.6 Å². The normalized spacial score (nSPS) is 10.0. The van der Waals surface area contributed by atoms with Crippen LogP contribution in [-0.2, 0) is 11.3 Å². The van der Waals surface area contributed by atoms with Crippen molar-refractivity contribution < 1.29 is 14.6 Å². The van der Waals surface area contributed by atoms with Crippen LogP contribution < -0.4 is 21.5 Å². The molecule has 0 saturated carbocycles. The fourth-order valence-electron chi connectivity index (χ4n) is 1.94. The molecule has 0 atom stereocenters. The third-order valence-electron chi connectivity index (χ3n) is 3.97. The molecule has 0 saturated heterocycles. The molecule has 0 fully saturated rings. The lowest BCUT2D eigenvalue weighted by atomic mass is 9.93. The first-order valence-electron chi connectivity index (χ1n) is 9.95. The van der Waals surface area contributed by atoms with Crippen molar-refractivity contribution in [2.45, 2.75) is 27.3 Å². The monoisotopic (exact) mass is 441 g/mol. The van der Waals surface area contributed by atoms with E-state index in [9.17, 15) is 5.11 Å². The molecule has 6 N–H and O–H groups in total. The highest BCUT2D eigenvalue weighted by molar-refractivity contribution is 5.55. The molecule has 0 aliphatic rings. The Bertz CT molecular complexity index is 823. The predicted molar refractivity (Wildman–Crippen MR) is 137 cm³/mol. The van der Waals surface area contributed by atoms with Crippen molar-refractivity contribution in [2.75, 3.05) is 19.9 Å². The van der Waals surface area contributed by atoms with E-state index in [0.29, 0.717) is 12.3 Å². The lowest BCUT2D eigenvalue weighted by molar-refractivity contribution is -0.0979. The zero-order valence-corrected chi connectivity index (χ0v) is 20.0. The summed E-state index contributed by atoms with van der Waals surface area (Å²) in [7, 11) is 3.43. The van der Waals surface area contributed by atoms with Crippen molar-refractivity contribution in [3.8, 4) is 5.75 Å². The maximum absolute atomic E-state index is 9.45. The summed E-state index contributed by atoms with van der Waals surface area (Å²) in [4.78, 5) is 8.00. The predicted octanol–water partition coefficient (Wildman–Crippen LogP) is 5.09. The Morgan fingerprint density at radius 1 is 1.12 bits per heavy atom. The molecule has 0 aromatic heterocycles. The van der Waals surface area contributed by atoms with E-state index in [1.165, 1.54) is 0 Å². The number of nitrogens with one attached hydrogen (secondary N) is 1. The Morgan fingerprint density at radius 2 is 1.66 bits per heavy atom. The molecule has 0 aliphatic heterocycles. The number of hydrogen-bond donors (Lipinski definition) is 4. The van der Waals surface area contributed by atoms with E-state index in [4.69, 9.17) is 21.0 Å². The van der Waals surface area contributed by atoms with Gasteiger partial charge in [-0.1, -0.05) is 70.3 Å². The largest absolute Gasteiger partial charge is 0.512 e. The second-order valence-corrected chi connectivity index (χ2v) is 7.45. The first kappa shape index (κ1) is 30.7. The summed E-state index contributed by atoms with van der Waals surface area (Å²) in [6, 6.07) is 15.3. The molecule has 0 radical (unpaired) electrons. The minimum absolute atomic E-state index is 0.195. The SMILES string of the molecule is C=C(/C=C(\O)C(C)(C)C)NC.C=Cc1ccccc1OC.C=O.NCc1ccc(N)cc1. The van der Waals surface area contributed by atoms with Crippen LogP contribution in [0.25, 0.3) is 6.08 Å². The van der Waals surface area contributed by atoms with Gasteiger partial charge in [-0.2, -0.15) is 0 Å². The highest BCUT2D eigenvalue weighted by atomic mass is 16.5. The number of hydrogen-bond acceptors (Lipinski definition) is 6. The molecule has 0 heterocycles. The summed E-state index contributed by atoms with van der Waals surface area (Å²) in [5, 5.41) is 12.3. The van der Waals surface area contributed by atoms with Crippen LogP contribution in [0.2, 0.25) is 0 Å². The van der Waals surface area contributed by atoms with Gasteiger partial charge in [0.25, 0.3) is 0 Å².